The lowest BCUT2D eigenvalue weighted by Gasteiger charge is -2.25. The summed E-state index contributed by atoms with van der Waals surface area (Å²) < 4.78 is 22.9. The number of carbonyl (C=O) groups excluding carboxylic acids is 2. The molecule has 9 heteroatoms. The zero-order chi connectivity index (χ0) is 62.6. The molecule has 86 heavy (non-hydrogen) atoms. The van der Waals surface area contributed by atoms with Crippen LogP contribution in [0, 0.1) is 0 Å². The molecule has 0 fully saturated rings. The minimum Gasteiger partial charge on any atom is -0.477 e. The molecular weight excluding hydrogens is 1070 g/mol. The predicted octanol–water partition coefficient (Wildman–Crippen LogP) is 22.0. The van der Waals surface area contributed by atoms with Crippen molar-refractivity contribution >= 4 is 17.9 Å². The Labute approximate surface area is 529 Å². The Morgan fingerprint density at radius 1 is 0.360 bits per heavy atom. The van der Waals surface area contributed by atoms with E-state index in [1.54, 1.807) is 0 Å². The van der Waals surface area contributed by atoms with Gasteiger partial charge in [-0.1, -0.05) is 309 Å². The molecule has 0 amide bonds. The molecule has 0 aromatic carbocycles. The monoisotopic (exact) mass is 1200 g/mol. The average Bonchev–Trinajstić information content (AvgIpc) is 3.64. The van der Waals surface area contributed by atoms with Crippen LogP contribution in [0.25, 0.3) is 0 Å². The average molecular weight is 1200 g/mol. The molecule has 0 aliphatic rings. The van der Waals surface area contributed by atoms with Gasteiger partial charge in [0.2, 0.25) is 0 Å². The molecule has 0 aromatic rings. The highest BCUT2D eigenvalue weighted by molar-refractivity contribution is 5.71. The van der Waals surface area contributed by atoms with Crippen molar-refractivity contribution < 1.29 is 42.9 Å². The Kier molecular flexibility index (Phi) is 63.3. The number of quaternary nitrogens is 1. The number of hydrogen-bond donors (Lipinski definition) is 1. The third-order valence-electron chi connectivity index (χ3n) is 15.0. The van der Waals surface area contributed by atoms with E-state index in [1.165, 1.54) is 161 Å². The Balaban J connectivity index is 4.23. The number of likely N-dealkylation sites (N-methyl/N-ethyl adjacent to an activating group) is 1. The molecular formula is C77H132NO8+. The summed E-state index contributed by atoms with van der Waals surface area (Å²) in [7, 11) is 5.96. The lowest BCUT2D eigenvalue weighted by Crippen LogP contribution is -2.40. The number of hydrogen-bond acceptors (Lipinski definition) is 7. The van der Waals surface area contributed by atoms with Gasteiger partial charge >= 0.3 is 17.9 Å². The maximum Gasteiger partial charge on any atom is 0.361 e. The molecule has 0 aliphatic carbocycles. The second-order valence-corrected chi connectivity index (χ2v) is 24.5. The summed E-state index contributed by atoms with van der Waals surface area (Å²) in [5, 5.41) is 9.74. The van der Waals surface area contributed by atoms with E-state index in [0.29, 0.717) is 23.9 Å². The maximum atomic E-state index is 12.9. The predicted molar refractivity (Wildman–Crippen MR) is 368 cm³/mol. The first-order chi connectivity index (χ1) is 42.1. The van der Waals surface area contributed by atoms with Crippen molar-refractivity contribution in [1.82, 2.24) is 0 Å². The van der Waals surface area contributed by atoms with E-state index in [2.05, 4.69) is 135 Å². The van der Waals surface area contributed by atoms with Crippen molar-refractivity contribution in [2.75, 3.05) is 47.5 Å². The molecule has 0 aliphatic heterocycles. The smallest absolute Gasteiger partial charge is 0.361 e. The number of carboxylic acid groups (broad SMARTS) is 1. The summed E-state index contributed by atoms with van der Waals surface area (Å²) >= 11 is 0. The van der Waals surface area contributed by atoms with Crippen LogP contribution < -0.4 is 0 Å². The number of esters is 2. The third-order valence-corrected chi connectivity index (χ3v) is 15.0. The number of ether oxygens (including phenoxy) is 4. The van der Waals surface area contributed by atoms with Crippen LogP contribution in [0.1, 0.15) is 290 Å². The Hall–Kier alpha value is -4.31. The lowest BCUT2D eigenvalue weighted by atomic mass is 10.0. The van der Waals surface area contributed by atoms with E-state index in [0.717, 1.165) is 96.3 Å². The molecule has 9 nitrogen and oxygen atoms in total. The molecule has 2 unspecified atom stereocenters. The Morgan fingerprint density at radius 2 is 0.663 bits per heavy atom. The lowest BCUT2D eigenvalue weighted by molar-refractivity contribution is -0.870. The fraction of sp³-hybridized carbons (Fsp3) is 0.701. The number of aliphatic carboxylic acids is 1. The highest BCUT2D eigenvalue weighted by Gasteiger charge is 2.25. The van der Waals surface area contributed by atoms with E-state index in [-0.39, 0.29) is 32.2 Å². The molecule has 0 rings (SSSR count). The molecule has 0 bridgehead atoms. The quantitative estimate of drug-likeness (QED) is 0.0211. The molecule has 492 valence electrons. The van der Waals surface area contributed by atoms with Crippen LogP contribution in [0.5, 0.6) is 0 Å². The number of nitrogens with zero attached hydrogens (tertiary/aromatic N) is 1. The molecule has 0 heterocycles. The highest BCUT2D eigenvalue weighted by Crippen LogP contribution is 2.17. The summed E-state index contributed by atoms with van der Waals surface area (Å²) in [5.41, 5.74) is 0. The van der Waals surface area contributed by atoms with Crippen molar-refractivity contribution in [3.05, 3.63) is 122 Å². The molecule has 0 aromatic heterocycles. The van der Waals surface area contributed by atoms with Gasteiger partial charge in [-0.15, -0.1) is 0 Å². The SMILES string of the molecule is CC/C=C\C/C=C\C/C=C\C/C=C\C/C=C\C/C=C\C/C=C\C/C=C\C/C=C\C/C=C\CCCCC(=O)OC(COC(=O)CCCCCCCCCCCCCCCCCCCCCCCCCCCCCC)COC(OCC[N+](C)(C)C)C(=O)O. The van der Waals surface area contributed by atoms with E-state index in [9.17, 15) is 19.5 Å². The van der Waals surface area contributed by atoms with E-state index < -0.39 is 24.3 Å². The molecule has 0 spiro atoms. The van der Waals surface area contributed by atoms with E-state index in [1.807, 2.05) is 21.1 Å². The number of allylic oxidation sites excluding steroid dienone is 20. The van der Waals surface area contributed by atoms with Crippen LogP contribution in [-0.4, -0.2) is 87.4 Å². The molecule has 0 saturated heterocycles. The van der Waals surface area contributed by atoms with Crippen LogP contribution in [0.4, 0.5) is 0 Å². The first-order valence-corrected chi connectivity index (χ1v) is 35.2. The number of carbonyl (C=O) groups is 3. The fourth-order valence-corrected chi connectivity index (χ4v) is 9.63. The van der Waals surface area contributed by atoms with Crippen molar-refractivity contribution in [3.8, 4) is 0 Å². The largest absolute Gasteiger partial charge is 0.477 e. The van der Waals surface area contributed by atoms with Crippen LogP contribution in [-0.2, 0) is 33.3 Å². The van der Waals surface area contributed by atoms with Crippen LogP contribution in [0.2, 0.25) is 0 Å². The van der Waals surface area contributed by atoms with Crippen LogP contribution in [0.15, 0.2) is 122 Å². The fourth-order valence-electron chi connectivity index (χ4n) is 9.63. The van der Waals surface area contributed by atoms with Gasteiger partial charge in [0.1, 0.15) is 13.2 Å². The summed E-state index contributed by atoms with van der Waals surface area (Å²) in [4.78, 5) is 37.6. The number of rotatable bonds is 64. The van der Waals surface area contributed by atoms with E-state index in [4.69, 9.17) is 18.9 Å². The Morgan fingerprint density at radius 3 is 0.988 bits per heavy atom. The van der Waals surface area contributed by atoms with Gasteiger partial charge in [0, 0.05) is 12.8 Å². The highest BCUT2D eigenvalue weighted by atomic mass is 16.7. The zero-order valence-electron chi connectivity index (χ0n) is 56.2. The molecule has 1 N–H and O–H groups in total. The summed E-state index contributed by atoms with van der Waals surface area (Å²) in [5.74, 6) is -2.06. The summed E-state index contributed by atoms with van der Waals surface area (Å²) in [6, 6.07) is 0. The van der Waals surface area contributed by atoms with Gasteiger partial charge in [-0.2, -0.15) is 0 Å². The normalized spacial score (nSPS) is 13.5. The van der Waals surface area contributed by atoms with Crippen LogP contribution >= 0.6 is 0 Å². The number of carboxylic acids is 1. The topological polar surface area (TPSA) is 108 Å². The van der Waals surface area contributed by atoms with Gasteiger partial charge in [0.25, 0.3) is 6.29 Å². The van der Waals surface area contributed by atoms with Gasteiger partial charge in [-0.3, -0.25) is 9.59 Å². The molecule has 0 radical (unpaired) electrons. The van der Waals surface area contributed by atoms with Gasteiger partial charge in [-0.25, -0.2) is 4.79 Å². The molecule has 2 atom stereocenters. The second kappa shape index (κ2) is 66.6. The third kappa shape index (κ3) is 67.2. The first-order valence-electron chi connectivity index (χ1n) is 35.2. The number of unbranched alkanes of at least 4 members (excludes halogenated alkanes) is 29. The van der Waals surface area contributed by atoms with Crippen molar-refractivity contribution in [2.45, 2.75) is 302 Å². The standard InChI is InChI=1S/C77H131NO8/c1-6-8-10-12-14-16-18-20-22-24-26-28-30-32-34-36-37-38-39-40-42-44-46-48-50-52-54-56-58-60-62-64-66-68-75(80)86-73(72-85-77(76(81)82)83-70-69-78(3,4)5)71-84-74(79)67-65-63-61-59-57-55-53-51-49-47-45-43-41-35-33-31-29-27-25-23-21-19-17-15-13-11-9-7-2/h8,10,14,16,20,22,26,28,32,34,37-38,40,42,46,48,52,54,58,60,73,77H,6-7,9,11-13,15,17-19,21,23-25,27,29-31,33,35-36,39,41,43-45,47,49-51,53,55-57,59,61-72H2,1-5H3/p+1/b10-8-,16-14-,22-20-,28-26-,34-32-,38-37-,42-40-,48-46-,54-52-,60-58-. The second-order valence-electron chi connectivity index (χ2n) is 24.5. The van der Waals surface area contributed by atoms with Gasteiger partial charge in [0.15, 0.2) is 6.10 Å². The van der Waals surface area contributed by atoms with Crippen molar-refractivity contribution in [2.24, 2.45) is 0 Å². The molecule has 0 saturated carbocycles. The Bertz CT molecular complexity index is 1830. The van der Waals surface area contributed by atoms with Gasteiger partial charge in [-0.05, 0) is 89.9 Å². The van der Waals surface area contributed by atoms with Gasteiger partial charge in [0.05, 0.1) is 34.4 Å². The maximum absolute atomic E-state index is 12.9. The van der Waals surface area contributed by atoms with Crippen LogP contribution in [0.3, 0.4) is 0 Å². The zero-order valence-corrected chi connectivity index (χ0v) is 56.2. The first kappa shape index (κ1) is 81.7. The summed E-state index contributed by atoms with van der Waals surface area (Å²) in [6.45, 7) is 4.74. The van der Waals surface area contributed by atoms with Gasteiger partial charge < -0.3 is 28.5 Å². The van der Waals surface area contributed by atoms with Crippen molar-refractivity contribution in [1.29, 1.82) is 0 Å². The van der Waals surface area contributed by atoms with Crippen molar-refractivity contribution in [3.63, 3.8) is 0 Å². The minimum atomic E-state index is -1.53. The van der Waals surface area contributed by atoms with E-state index >= 15 is 0 Å². The summed E-state index contributed by atoms with van der Waals surface area (Å²) in [6.07, 6.45) is 91.8. The minimum absolute atomic E-state index is 0.174.